The van der Waals surface area contributed by atoms with Crippen molar-refractivity contribution < 1.29 is 8.42 Å². The van der Waals surface area contributed by atoms with E-state index in [0.717, 1.165) is 19.6 Å². The Morgan fingerprint density at radius 2 is 1.71 bits per heavy atom. The molecule has 0 bridgehead atoms. The molecule has 0 aliphatic carbocycles. The van der Waals surface area contributed by atoms with Gasteiger partial charge in [0.25, 0.3) is 0 Å². The summed E-state index contributed by atoms with van der Waals surface area (Å²) in [5.41, 5.74) is 0. The van der Waals surface area contributed by atoms with Crippen molar-refractivity contribution >= 4 is 9.84 Å². The molecule has 0 aromatic carbocycles. The molecule has 0 spiro atoms. The van der Waals surface area contributed by atoms with Crippen molar-refractivity contribution in [2.75, 3.05) is 31.1 Å². The summed E-state index contributed by atoms with van der Waals surface area (Å²) in [7, 11) is -2.70. The number of hydrogen-bond acceptors (Lipinski definition) is 3. The zero-order valence-electron chi connectivity index (χ0n) is 8.49. The van der Waals surface area contributed by atoms with E-state index in [9.17, 15) is 8.42 Å². The fourth-order valence-electron chi connectivity index (χ4n) is 1.41. The summed E-state index contributed by atoms with van der Waals surface area (Å²) >= 11 is 0. The zero-order chi connectivity index (χ0) is 9.90. The van der Waals surface area contributed by atoms with Gasteiger partial charge in [-0.3, -0.25) is 0 Å². The van der Waals surface area contributed by atoms with Crippen LogP contribution in [-0.4, -0.2) is 44.5 Å². The van der Waals surface area contributed by atoms with E-state index in [2.05, 4.69) is 18.7 Å². The van der Waals surface area contributed by atoms with E-state index in [1.165, 1.54) is 6.42 Å². The van der Waals surface area contributed by atoms with Crippen LogP contribution in [0.2, 0.25) is 0 Å². The predicted octanol–water partition coefficient (Wildman–Crippen LogP) is 1.40. The van der Waals surface area contributed by atoms with Crippen LogP contribution in [0.15, 0.2) is 0 Å². The molecule has 1 fully saturated rings. The highest BCUT2D eigenvalue weighted by Crippen LogP contribution is 2.07. The van der Waals surface area contributed by atoms with Gasteiger partial charge in [-0.15, -0.1) is 0 Å². The molecule has 4 heteroatoms. The molecule has 0 saturated carbocycles. The van der Waals surface area contributed by atoms with E-state index in [4.69, 9.17) is 0 Å². The molecule has 0 radical (unpaired) electrons. The molecule has 1 rings (SSSR count). The first-order valence-corrected chi connectivity index (χ1v) is 6.74. The molecule has 1 heterocycles. The third-order valence-electron chi connectivity index (χ3n) is 2.46. The maximum Gasteiger partial charge on any atom is 0.152 e. The summed E-state index contributed by atoms with van der Waals surface area (Å²) in [6, 6.07) is 0. The first-order chi connectivity index (χ1) is 5.99. The summed E-state index contributed by atoms with van der Waals surface area (Å²) in [6.45, 7) is 6.90. The molecule has 0 unspecified atom stereocenters. The summed E-state index contributed by atoms with van der Waals surface area (Å²) < 4.78 is 22.2. The van der Waals surface area contributed by atoms with Crippen LogP contribution in [0.3, 0.4) is 0 Å². The van der Waals surface area contributed by atoms with Crippen molar-refractivity contribution in [3.63, 3.8) is 0 Å². The van der Waals surface area contributed by atoms with Gasteiger partial charge in [0, 0.05) is 13.1 Å². The third-order valence-corrected chi connectivity index (χ3v) is 4.07. The van der Waals surface area contributed by atoms with E-state index < -0.39 is 9.84 Å². The van der Waals surface area contributed by atoms with E-state index in [-0.39, 0.29) is 7.43 Å². The normalized spacial score (nSPS) is 21.9. The maximum absolute atomic E-state index is 11.1. The first-order valence-electron chi connectivity index (χ1n) is 4.92. The molecule has 0 amide bonds. The van der Waals surface area contributed by atoms with Crippen LogP contribution < -0.4 is 0 Å². The standard InChI is InChI=1S/C9H19NO2S.CH4/c1-9(2)3-4-10-5-7-13(11,12)8-6-10;/h9H,3-8H2,1-2H3;1H4. The molecule has 14 heavy (non-hydrogen) atoms. The fraction of sp³-hybridized carbons (Fsp3) is 1.00. The van der Waals surface area contributed by atoms with Crippen molar-refractivity contribution in [3.05, 3.63) is 0 Å². The number of hydrogen-bond donors (Lipinski definition) is 0. The van der Waals surface area contributed by atoms with E-state index in [0.29, 0.717) is 17.4 Å². The van der Waals surface area contributed by atoms with Gasteiger partial charge in [-0.05, 0) is 18.9 Å². The lowest BCUT2D eigenvalue weighted by Gasteiger charge is -2.26. The topological polar surface area (TPSA) is 37.4 Å². The van der Waals surface area contributed by atoms with Gasteiger partial charge >= 0.3 is 0 Å². The monoisotopic (exact) mass is 221 g/mol. The Kier molecular flexibility index (Phi) is 5.67. The zero-order valence-corrected chi connectivity index (χ0v) is 9.31. The van der Waals surface area contributed by atoms with Crippen LogP contribution in [0.5, 0.6) is 0 Å². The van der Waals surface area contributed by atoms with Gasteiger partial charge in [0.1, 0.15) is 0 Å². The van der Waals surface area contributed by atoms with Gasteiger partial charge in [0.2, 0.25) is 0 Å². The Balaban J connectivity index is 0.00000169. The Morgan fingerprint density at radius 3 is 2.14 bits per heavy atom. The highest BCUT2D eigenvalue weighted by molar-refractivity contribution is 7.91. The van der Waals surface area contributed by atoms with Gasteiger partial charge in [0.05, 0.1) is 11.5 Å². The molecule has 0 atom stereocenters. The van der Waals surface area contributed by atoms with Crippen molar-refractivity contribution in [2.24, 2.45) is 5.92 Å². The first kappa shape index (κ1) is 13.9. The van der Waals surface area contributed by atoms with Gasteiger partial charge in [-0.1, -0.05) is 21.3 Å². The summed E-state index contributed by atoms with van der Waals surface area (Å²) in [6.07, 6.45) is 1.17. The molecular weight excluding hydrogens is 198 g/mol. The van der Waals surface area contributed by atoms with E-state index in [1.807, 2.05) is 0 Å². The maximum atomic E-state index is 11.1. The quantitative estimate of drug-likeness (QED) is 0.723. The Morgan fingerprint density at radius 1 is 1.21 bits per heavy atom. The number of sulfone groups is 1. The van der Waals surface area contributed by atoms with Gasteiger partial charge in [-0.25, -0.2) is 8.42 Å². The third kappa shape index (κ3) is 4.96. The van der Waals surface area contributed by atoms with Gasteiger partial charge in [0.15, 0.2) is 9.84 Å². The molecule has 0 aromatic rings. The minimum Gasteiger partial charge on any atom is -0.301 e. The lowest BCUT2D eigenvalue weighted by Crippen LogP contribution is -2.40. The highest BCUT2D eigenvalue weighted by atomic mass is 32.2. The molecule has 1 saturated heterocycles. The van der Waals surface area contributed by atoms with Crippen LogP contribution in [0, 0.1) is 5.92 Å². The number of rotatable bonds is 3. The van der Waals surface area contributed by atoms with Crippen LogP contribution in [0.4, 0.5) is 0 Å². The average Bonchev–Trinajstić information content (AvgIpc) is 2.02. The van der Waals surface area contributed by atoms with Crippen LogP contribution in [-0.2, 0) is 9.84 Å². The van der Waals surface area contributed by atoms with Crippen molar-refractivity contribution in [2.45, 2.75) is 27.7 Å². The SMILES string of the molecule is C.CC(C)CCN1CCS(=O)(=O)CC1. The largest absolute Gasteiger partial charge is 0.301 e. The summed E-state index contributed by atoms with van der Waals surface area (Å²) in [5, 5.41) is 0. The lowest BCUT2D eigenvalue weighted by atomic mass is 10.1. The predicted molar refractivity (Wildman–Crippen MR) is 61.3 cm³/mol. The van der Waals surface area contributed by atoms with Crippen LogP contribution >= 0.6 is 0 Å². The average molecular weight is 221 g/mol. The minimum absolute atomic E-state index is 0. The fourth-order valence-corrected chi connectivity index (χ4v) is 2.69. The Labute approximate surface area is 88.4 Å². The summed E-state index contributed by atoms with van der Waals surface area (Å²) in [4.78, 5) is 2.25. The minimum atomic E-state index is -2.70. The molecule has 1 aliphatic heterocycles. The molecule has 0 N–H and O–H groups in total. The molecule has 1 aliphatic rings. The molecule has 3 nitrogen and oxygen atoms in total. The smallest absolute Gasteiger partial charge is 0.152 e. The van der Waals surface area contributed by atoms with E-state index >= 15 is 0 Å². The van der Waals surface area contributed by atoms with Crippen LogP contribution in [0.25, 0.3) is 0 Å². The second kappa shape index (κ2) is 5.71. The van der Waals surface area contributed by atoms with Crippen molar-refractivity contribution in [1.82, 2.24) is 4.90 Å². The molecule has 86 valence electrons. The highest BCUT2D eigenvalue weighted by Gasteiger charge is 2.20. The van der Waals surface area contributed by atoms with Gasteiger partial charge in [-0.2, -0.15) is 0 Å². The van der Waals surface area contributed by atoms with Crippen molar-refractivity contribution in [3.8, 4) is 0 Å². The van der Waals surface area contributed by atoms with E-state index in [1.54, 1.807) is 0 Å². The number of nitrogens with zero attached hydrogens (tertiary/aromatic N) is 1. The summed E-state index contributed by atoms with van der Waals surface area (Å²) in [5.74, 6) is 1.41. The Hall–Kier alpha value is -0.0900. The second-order valence-electron chi connectivity index (χ2n) is 4.18. The second-order valence-corrected chi connectivity index (χ2v) is 6.48. The molecule has 0 aromatic heterocycles. The Bertz CT molecular complexity index is 233. The lowest BCUT2D eigenvalue weighted by molar-refractivity contribution is 0.277. The van der Waals surface area contributed by atoms with Gasteiger partial charge < -0.3 is 4.90 Å². The van der Waals surface area contributed by atoms with Crippen LogP contribution in [0.1, 0.15) is 27.7 Å². The van der Waals surface area contributed by atoms with Crippen molar-refractivity contribution in [1.29, 1.82) is 0 Å². The molecular formula is C10H23NO2S.